The third-order valence-corrected chi connectivity index (χ3v) is 5.90. The molecule has 1 unspecified atom stereocenters. The first-order valence-corrected chi connectivity index (χ1v) is 10.2. The van der Waals surface area contributed by atoms with Crippen molar-refractivity contribution in [1.82, 2.24) is 10.2 Å². The van der Waals surface area contributed by atoms with E-state index in [2.05, 4.69) is 26.1 Å². The number of rotatable bonds is 3. The van der Waals surface area contributed by atoms with Crippen molar-refractivity contribution < 1.29 is 19.1 Å². The van der Waals surface area contributed by atoms with Crippen LogP contribution in [0.2, 0.25) is 5.02 Å². The molecule has 0 aliphatic carbocycles. The van der Waals surface area contributed by atoms with E-state index in [-0.39, 0.29) is 24.7 Å². The Kier molecular flexibility index (Phi) is 5.03. The Morgan fingerprint density at radius 2 is 1.87 bits per heavy atom. The zero-order valence-corrected chi connectivity index (χ0v) is 18.3. The third kappa shape index (κ3) is 3.55. The van der Waals surface area contributed by atoms with Gasteiger partial charge >= 0.3 is 6.03 Å². The molecule has 0 radical (unpaired) electrons. The minimum atomic E-state index is -1.13. The Morgan fingerprint density at radius 1 is 1.17 bits per heavy atom. The first kappa shape index (κ1) is 20.7. The maximum atomic E-state index is 13.3. The van der Waals surface area contributed by atoms with Crippen LogP contribution < -0.4 is 10.1 Å². The van der Waals surface area contributed by atoms with E-state index in [4.69, 9.17) is 21.1 Å². The zero-order valence-electron chi connectivity index (χ0n) is 17.5. The summed E-state index contributed by atoms with van der Waals surface area (Å²) >= 11 is 6.23. The van der Waals surface area contributed by atoms with Gasteiger partial charge in [-0.2, -0.15) is 0 Å². The van der Waals surface area contributed by atoms with Crippen LogP contribution in [0, 0.1) is 0 Å². The van der Waals surface area contributed by atoms with Crippen LogP contribution in [-0.4, -0.2) is 23.6 Å². The van der Waals surface area contributed by atoms with Crippen molar-refractivity contribution in [2.24, 2.45) is 0 Å². The molecule has 2 aliphatic rings. The van der Waals surface area contributed by atoms with Crippen LogP contribution >= 0.6 is 11.6 Å². The topological polar surface area (TPSA) is 67.9 Å². The molecular formula is C23H25ClN2O4. The number of hydrogen-bond donors (Lipinski definition) is 1. The fourth-order valence-electron chi connectivity index (χ4n) is 3.88. The minimum absolute atomic E-state index is 0.00376. The molecule has 1 saturated heterocycles. The smallest absolute Gasteiger partial charge is 0.325 e. The predicted octanol–water partition coefficient (Wildman–Crippen LogP) is 4.47. The largest absolute Gasteiger partial charge is 0.467 e. The standard InChI is InChI=1S/C23H25ClN2O4/c1-22(2,3)16-5-7-17(8-6-16)23(4)20(27)26(21(28)25-23)11-14-9-18(24)10-15-12-29-13-30-19(14)15/h5-10H,11-13H2,1-4H3,(H,25,28). The van der Waals surface area contributed by atoms with Gasteiger partial charge in [0, 0.05) is 16.1 Å². The number of fused-ring (bicyclic) bond motifs is 1. The van der Waals surface area contributed by atoms with Gasteiger partial charge in [-0.05, 0) is 35.6 Å². The fraction of sp³-hybridized carbons (Fsp3) is 0.391. The number of nitrogens with one attached hydrogen (secondary N) is 1. The van der Waals surface area contributed by atoms with E-state index in [9.17, 15) is 9.59 Å². The predicted molar refractivity (Wildman–Crippen MR) is 113 cm³/mol. The van der Waals surface area contributed by atoms with Crippen LogP contribution in [0.5, 0.6) is 5.75 Å². The lowest BCUT2D eigenvalue weighted by atomic mass is 9.84. The highest BCUT2D eigenvalue weighted by atomic mass is 35.5. The summed E-state index contributed by atoms with van der Waals surface area (Å²) < 4.78 is 10.9. The Bertz CT molecular complexity index is 1010. The number of carbonyl (C=O) groups excluding carboxylic acids is 2. The second kappa shape index (κ2) is 7.29. The van der Waals surface area contributed by atoms with Gasteiger partial charge in [-0.25, -0.2) is 4.79 Å². The molecule has 6 nitrogen and oxygen atoms in total. The summed E-state index contributed by atoms with van der Waals surface area (Å²) in [4.78, 5) is 27.3. The molecule has 0 aromatic heterocycles. The highest BCUT2D eigenvalue weighted by Crippen LogP contribution is 2.36. The van der Waals surface area contributed by atoms with Crippen molar-refractivity contribution in [3.05, 3.63) is 63.7 Å². The number of halogens is 1. The van der Waals surface area contributed by atoms with Gasteiger partial charge in [0.15, 0.2) is 6.79 Å². The Hall–Kier alpha value is -2.57. The SMILES string of the molecule is CC(C)(C)c1ccc(C2(C)NC(=O)N(Cc3cc(Cl)cc4c3OCOC4)C2=O)cc1. The number of benzene rings is 2. The number of imide groups is 1. The van der Waals surface area contributed by atoms with Crippen LogP contribution in [0.1, 0.15) is 49.9 Å². The molecule has 2 aromatic rings. The molecule has 3 amide bonds. The average molecular weight is 429 g/mol. The Morgan fingerprint density at radius 3 is 2.53 bits per heavy atom. The van der Waals surface area contributed by atoms with Crippen molar-refractivity contribution in [3.63, 3.8) is 0 Å². The number of amides is 3. The number of urea groups is 1. The van der Waals surface area contributed by atoms with E-state index >= 15 is 0 Å². The first-order chi connectivity index (χ1) is 14.1. The maximum absolute atomic E-state index is 13.3. The van der Waals surface area contributed by atoms with Gasteiger partial charge in [-0.3, -0.25) is 9.69 Å². The Labute approximate surface area is 181 Å². The lowest BCUT2D eigenvalue weighted by molar-refractivity contribution is -0.131. The summed E-state index contributed by atoms with van der Waals surface area (Å²) in [5.74, 6) is 0.311. The van der Waals surface area contributed by atoms with Crippen LogP contribution in [0.4, 0.5) is 4.79 Å². The average Bonchev–Trinajstić information content (AvgIpc) is 2.91. The summed E-state index contributed by atoms with van der Waals surface area (Å²) in [6.45, 7) is 8.70. The van der Waals surface area contributed by atoms with E-state index in [0.717, 1.165) is 16.7 Å². The van der Waals surface area contributed by atoms with Gasteiger partial charge < -0.3 is 14.8 Å². The summed E-state index contributed by atoms with van der Waals surface area (Å²) in [7, 11) is 0. The number of ether oxygens (including phenoxy) is 2. The number of nitrogens with zero attached hydrogens (tertiary/aromatic N) is 1. The fourth-order valence-corrected chi connectivity index (χ4v) is 4.15. The van der Waals surface area contributed by atoms with Crippen LogP contribution in [0.25, 0.3) is 0 Å². The molecule has 30 heavy (non-hydrogen) atoms. The second-order valence-corrected chi connectivity index (χ2v) is 9.37. The summed E-state index contributed by atoms with van der Waals surface area (Å²) in [5.41, 5.74) is 2.26. The second-order valence-electron chi connectivity index (χ2n) is 8.94. The summed E-state index contributed by atoms with van der Waals surface area (Å²) in [5, 5.41) is 3.36. The van der Waals surface area contributed by atoms with Gasteiger partial charge in [0.1, 0.15) is 11.3 Å². The first-order valence-electron chi connectivity index (χ1n) is 9.86. The molecule has 2 aliphatic heterocycles. The molecule has 7 heteroatoms. The van der Waals surface area contributed by atoms with Crippen molar-refractivity contribution in [3.8, 4) is 5.75 Å². The molecule has 1 N–H and O–H groups in total. The van der Waals surface area contributed by atoms with E-state index in [0.29, 0.717) is 22.9 Å². The monoisotopic (exact) mass is 428 g/mol. The molecule has 0 bridgehead atoms. The number of hydrogen-bond acceptors (Lipinski definition) is 4. The van der Waals surface area contributed by atoms with Crippen molar-refractivity contribution in [1.29, 1.82) is 0 Å². The van der Waals surface area contributed by atoms with Crippen molar-refractivity contribution in [2.45, 2.75) is 51.8 Å². The Balaban J connectivity index is 1.63. The van der Waals surface area contributed by atoms with Gasteiger partial charge in [-0.15, -0.1) is 0 Å². The van der Waals surface area contributed by atoms with Gasteiger partial charge in [0.05, 0.1) is 13.2 Å². The zero-order chi connectivity index (χ0) is 21.7. The highest BCUT2D eigenvalue weighted by molar-refractivity contribution is 6.30. The molecule has 1 fully saturated rings. The summed E-state index contributed by atoms with van der Waals surface area (Å²) in [6.07, 6.45) is 0. The molecule has 158 valence electrons. The molecule has 4 rings (SSSR count). The van der Waals surface area contributed by atoms with Crippen LogP contribution in [-0.2, 0) is 33.6 Å². The van der Waals surface area contributed by atoms with Crippen LogP contribution in [0.3, 0.4) is 0 Å². The molecule has 1 atom stereocenters. The van der Waals surface area contributed by atoms with E-state index in [1.54, 1.807) is 19.1 Å². The lowest BCUT2D eigenvalue weighted by Crippen LogP contribution is -2.40. The van der Waals surface area contributed by atoms with E-state index in [1.807, 2.05) is 24.3 Å². The molecule has 0 saturated carbocycles. The molecule has 2 aromatic carbocycles. The molecule has 2 heterocycles. The minimum Gasteiger partial charge on any atom is -0.467 e. The van der Waals surface area contributed by atoms with E-state index < -0.39 is 11.6 Å². The quantitative estimate of drug-likeness (QED) is 0.732. The highest BCUT2D eigenvalue weighted by Gasteiger charge is 2.49. The third-order valence-electron chi connectivity index (χ3n) is 5.68. The number of carbonyl (C=O) groups is 2. The molecular weight excluding hydrogens is 404 g/mol. The van der Waals surface area contributed by atoms with Gasteiger partial charge in [0.25, 0.3) is 5.91 Å². The van der Waals surface area contributed by atoms with Crippen LogP contribution in [0.15, 0.2) is 36.4 Å². The normalized spacial score (nSPS) is 21.3. The van der Waals surface area contributed by atoms with E-state index in [1.165, 1.54) is 4.90 Å². The maximum Gasteiger partial charge on any atom is 0.325 e. The van der Waals surface area contributed by atoms with Crippen molar-refractivity contribution >= 4 is 23.5 Å². The van der Waals surface area contributed by atoms with Gasteiger partial charge in [-0.1, -0.05) is 56.6 Å². The summed E-state index contributed by atoms with van der Waals surface area (Å²) in [6, 6.07) is 10.9. The lowest BCUT2D eigenvalue weighted by Gasteiger charge is -2.25. The molecule has 0 spiro atoms. The van der Waals surface area contributed by atoms with Gasteiger partial charge in [0.2, 0.25) is 0 Å². The van der Waals surface area contributed by atoms with Crippen molar-refractivity contribution in [2.75, 3.05) is 6.79 Å².